The lowest BCUT2D eigenvalue weighted by Crippen LogP contribution is -2.52. The van der Waals surface area contributed by atoms with Crippen LogP contribution in [0.25, 0.3) is 11.0 Å². The van der Waals surface area contributed by atoms with E-state index < -0.39 is 23.4 Å². The number of aromatic nitrogens is 2. The van der Waals surface area contributed by atoms with E-state index in [-0.39, 0.29) is 6.04 Å². The van der Waals surface area contributed by atoms with Gasteiger partial charge >= 0.3 is 6.03 Å². The number of hydrogen-bond acceptors (Lipinski definition) is 2. The first kappa shape index (κ1) is 15.6. The normalized spacial score (nSPS) is 14.6. The van der Waals surface area contributed by atoms with E-state index in [1.165, 1.54) is 11.0 Å². The molecule has 0 spiro atoms. The second-order valence-electron chi connectivity index (χ2n) is 6.10. The first-order chi connectivity index (χ1) is 12.0. The van der Waals surface area contributed by atoms with Crippen LogP contribution in [0.15, 0.2) is 42.5 Å². The molecule has 1 saturated heterocycles. The van der Waals surface area contributed by atoms with Gasteiger partial charge in [0.25, 0.3) is 0 Å². The zero-order chi connectivity index (χ0) is 17.6. The van der Waals surface area contributed by atoms with Gasteiger partial charge in [-0.1, -0.05) is 18.2 Å². The predicted octanol–water partition coefficient (Wildman–Crippen LogP) is 3.71. The number of urea groups is 1. The Bertz CT molecular complexity index is 943. The molecule has 1 aliphatic heterocycles. The Kier molecular flexibility index (Phi) is 3.63. The van der Waals surface area contributed by atoms with Gasteiger partial charge in [0.15, 0.2) is 0 Å². The van der Waals surface area contributed by atoms with Gasteiger partial charge in [0, 0.05) is 13.1 Å². The molecule has 1 N–H and O–H groups in total. The Morgan fingerprint density at radius 3 is 2.52 bits per heavy atom. The molecular weight excluding hydrogens is 326 g/mol. The second kappa shape index (κ2) is 5.84. The Balaban J connectivity index is 1.48. The molecule has 0 bridgehead atoms. The van der Waals surface area contributed by atoms with E-state index in [1.807, 2.05) is 31.2 Å². The van der Waals surface area contributed by atoms with Gasteiger partial charge in [-0.15, -0.1) is 0 Å². The van der Waals surface area contributed by atoms with Gasteiger partial charge in [0.2, 0.25) is 0 Å². The maximum absolute atomic E-state index is 13.6. The zero-order valence-corrected chi connectivity index (χ0v) is 13.5. The predicted molar refractivity (Wildman–Crippen MR) is 90.5 cm³/mol. The molecule has 0 aliphatic carbocycles. The van der Waals surface area contributed by atoms with E-state index in [1.54, 1.807) is 0 Å². The van der Waals surface area contributed by atoms with Crippen LogP contribution < -0.4 is 5.32 Å². The third-order valence-corrected chi connectivity index (χ3v) is 4.48. The molecule has 0 unspecified atom stereocenters. The average molecular weight is 342 g/mol. The number of nitrogens with one attached hydrogen (secondary N) is 1. The van der Waals surface area contributed by atoms with Gasteiger partial charge in [-0.3, -0.25) is 0 Å². The van der Waals surface area contributed by atoms with Gasteiger partial charge in [-0.05, 0) is 31.2 Å². The number of fused-ring (bicyclic) bond motifs is 1. The third kappa shape index (κ3) is 2.61. The molecule has 2 aromatic carbocycles. The molecule has 3 aromatic rings. The highest BCUT2D eigenvalue weighted by Gasteiger charge is 2.34. The van der Waals surface area contributed by atoms with E-state index in [0.717, 1.165) is 29.0 Å². The van der Waals surface area contributed by atoms with Crippen LogP contribution in [0.3, 0.4) is 0 Å². The lowest BCUT2D eigenvalue weighted by molar-refractivity contribution is 0.136. The number of hydrogen-bond donors (Lipinski definition) is 1. The first-order valence-corrected chi connectivity index (χ1v) is 7.98. The summed E-state index contributed by atoms with van der Waals surface area (Å²) in [4.78, 5) is 18.3. The van der Waals surface area contributed by atoms with Crippen LogP contribution >= 0.6 is 0 Å². The van der Waals surface area contributed by atoms with Crippen molar-refractivity contribution >= 4 is 22.8 Å². The fourth-order valence-corrected chi connectivity index (χ4v) is 3.21. The van der Waals surface area contributed by atoms with Crippen molar-refractivity contribution in [2.75, 3.05) is 18.4 Å². The van der Waals surface area contributed by atoms with E-state index in [4.69, 9.17) is 0 Å². The van der Waals surface area contributed by atoms with E-state index in [0.29, 0.717) is 13.1 Å². The smallest absolute Gasteiger partial charge is 0.321 e. The number of likely N-dealkylation sites (tertiary alicyclic amines) is 1. The van der Waals surface area contributed by atoms with Crippen molar-refractivity contribution in [3.8, 4) is 0 Å². The number of halogens is 2. The molecule has 2 amide bonds. The van der Waals surface area contributed by atoms with E-state index in [2.05, 4.69) is 14.9 Å². The molecule has 0 radical (unpaired) electrons. The minimum Gasteiger partial charge on any atom is -0.321 e. The molecule has 1 aliphatic rings. The summed E-state index contributed by atoms with van der Waals surface area (Å²) >= 11 is 0. The lowest BCUT2D eigenvalue weighted by atomic mass is 10.1. The highest BCUT2D eigenvalue weighted by atomic mass is 19.1. The van der Waals surface area contributed by atoms with Gasteiger partial charge < -0.3 is 14.8 Å². The largest absolute Gasteiger partial charge is 0.322 e. The number of rotatable bonds is 2. The maximum Gasteiger partial charge on any atom is 0.322 e. The third-order valence-electron chi connectivity index (χ3n) is 4.48. The van der Waals surface area contributed by atoms with Crippen molar-refractivity contribution in [3.63, 3.8) is 0 Å². The van der Waals surface area contributed by atoms with Crippen molar-refractivity contribution in [1.82, 2.24) is 14.5 Å². The topological polar surface area (TPSA) is 50.2 Å². The van der Waals surface area contributed by atoms with Crippen LogP contribution in [0.5, 0.6) is 0 Å². The molecule has 1 aromatic heterocycles. The minimum absolute atomic E-state index is 0.101. The summed E-state index contributed by atoms with van der Waals surface area (Å²) in [6.45, 7) is 2.85. The van der Waals surface area contributed by atoms with Gasteiger partial charge in [0.1, 0.15) is 23.1 Å². The van der Waals surface area contributed by atoms with Crippen molar-refractivity contribution in [2.45, 2.75) is 13.0 Å². The standard InChI is InChI=1S/C18H16F2N4O/c1-11-21-15-7-2-3-8-16(15)24(11)12-9-23(10-12)18(25)22-17-13(19)5-4-6-14(17)20/h2-8,12H,9-10H2,1H3,(H,22,25). The van der Waals surface area contributed by atoms with Gasteiger partial charge in [-0.25, -0.2) is 18.6 Å². The molecule has 128 valence electrons. The van der Waals surface area contributed by atoms with Crippen LogP contribution in [0.1, 0.15) is 11.9 Å². The molecule has 4 rings (SSSR count). The molecule has 1 fully saturated rings. The summed E-state index contributed by atoms with van der Waals surface area (Å²) in [5.74, 6) is -0.699. The Morgan fingerprint density at radius 1 is 1.12 bits per heavy atom. The molecule has 5 nitrogen and oxygen atoms in total. The zero-order valence-electron chi connectivity index (χ0n) is 13.5. The Hall–Kier alpha value is -2.96. The van der Waals surface area contributed by atoms with Crippen molar-refractivity contribution < 1.29 is 13.6 Å². The maximum atomic E-state index is 13.6. The molecule has 0 atom stereocenters. The number of para-hydroxylation sites is 3. The number of carbonyl (C=O) groups is 1. The average Bonchev–Trinajstić information content (AvgIpc) is 2.86. The highest BCUT2D eigenvalue weighted by Crippen LogP contribution is 2.28. The summed E-state index contributed by atoms with van der Waals surface area (Å²) < 4.78 is 29.4. The summed E-state index contributed by atoms with van der Waals surface area (Å²) in [6.07, 6.45) is 0. The molecular formula is C18H16F2N4O. The summed E-state index contributed by atoms with van der Waals surface area (Å²) in [5.41, 5.74) is 1.52. The fourth-order valence-electron chi connectivity index (χ4n) is 3.21. The fraction of sp³-hybridized carbons (Fsp3) is 0.222. The van der Waals surface area contributed by atoms with Crippen LogP contribution in [0.2, 0.25) is 0 Å². The van der Waals surface area contributed by atoms with E-state index in [9.17, 15) is 13.6 Å². The van der Waals surface area contributed by atoms with Crippen LogP contribution in [0.4, 0.5) is 19.3 Å². The molecule has 7 heteroatoms. The van der Waals surface area contributed by atoms with Gasteiger partial charge in [-0.2, -0.15) is 0 Å². The summed E-state index contributed by atoms with van der Waals surface area (Å²) in [6, 6.07) is 10.9. The van der Waals surface area contributed by atoms with Crippen molar-refractivity contribution in [3.05, 3.63) is 59.9 Å². The summed E-state index contributed by atoms with van der Waals surface area (Å²) in [5, 5.41) is 2.31. The number of nitrogens with zero attached hydrogens (tertiary/aromatic N) is 3. The van der Waals surface area contributed by atoms with E-state index >= 15 is 0 Å². The first-order valence-electron chi connectivity index (χ1n) is 7.98. The second-order valence-corrected chi connectivity index (χ2v) is 6.10. The number of anilines is 1. The summed E-state index contributed by atoms with van der Waals surface area (Å²) in [7, 11) is 0. The quantitative estimate of drug-likeness (QED) is 0.772. The number of benzene rings is 2. The monoisotopic (exact) mass is 342 g/mol. The lowest BCUT2D eigenvalue weighted by Gasteiger charge is -2.40. The van der Waals surface area contributed by atoms with Crippen LogP contribution in [-0.4, -0.2) is 33.6 Å². The number of carbonyl (C=O) groups excluding carboxylic acids is 1. The number of imidazole rings is 1. The van der Waals surface area contributed by atoms with Crippen LogP contribution in [0, 0.1) is 18.6 Å². The Labute approximate surface area is 142 Å². The SMILES string of the molecule is Cc1nc2ccccc2n1C1CN(C(=O)Nc2c(F)cccc2F)C1. The minimum atomic E-state index is -0.790. The molecule has 2 heterocycles. The van der Waals surface area contributed by atoms with Crippen LogP contribution in [-0.2, 0) is 0 Å². The molecule has 25 heavy (non-hydrogen) atoms. The highest BCUT2D eigenvalue weighted by molar-refractivity contribution is 5.90. The van der Waals surface area contributed by atoms with Crippen molar-refractivity contribution in [1.29, 1.82) is 0 Å². The Morgan fingerprint density at radius 2 is 1.80 bits per heavy atom. The number of aryl methyl sites for hydroxylation is 1. The van der Waals surface area contributed by atoms with Crippen molar-refractivity contribution in [2.24, 2.45) is 0 Å². The number of amides is 2. The van der Waals surface area contributed by atoms with Gasteiger partial charge in [0.05, 0.1) is 17.1 Å². The molecule has 0 saturated carbocycles.